The van der Waals surface area contributed by atoms with Gasteiger partial charge in [-0.1, -0.05) is 117 Å². The molecule has 0 aliphatic carbocycles. The molecule has 0 saturated carbocycles. The summed E-state index contributed by atoms with van der Waals surface area (Å²) >= 11 is 0. The molecule has 0 radical (unpaired) electrons. The molecule has 0 bridgehead atoms. The number of carbonyl (C=O) groups is 13. The van der Waals surface area contributed by atoms with E-state index in [0.29, 0.717) is 44.9 Å². The largest absolute Gasteiger partial charge is 0.393 e. The minimum atomic E-state index is -2.15. The molecule has 0 aromatic carbocycles. The van der Waals surface area contributed by atoms with Gasteiger partial charge in [0.25, 0.3) is 0 Å². The minimum Gasteiger partial charge on any atom is -0.393 e. The van der Waals surface area contributed by atoms with Crippen molar-refractivity contribution in [1.29, 1.82) is 0 Å². The molecule has 1 saturated heterocycles. The second kappa shape index (κ2) is 45.2. The summed E-state index contributed by atoms with van der Waals surface area (Å²) in [5.41, 5.74) is 16.1. The van der Waals surface area contributed by atoms with Crippen molar-refractivity contribution < 1.29 is 87.9 Å². The summed E-state index contributed by atoms with van der Waals surface area (Å²) in [5.74, 6) is -14.9. The van der Waals surface area contributed by atoms with Gasteiger partial charge in [0.1, 0.15) is 54.4 Å². The molecule has 21 N–H and O–H groups in total. The zero-order chi connectivity index (χ0) is 67.9. The van der Waals surface area contributed by atoms with Gasteiger partial charge in [-0.05, 0) is 59.3 Å². The van der Waals surface area contributed by atoms with Crippen molar-refractivity contribution in [1.82, 2.24) is 53.2 Å². The van der Waals surface area contributed by atoms with Gasteiger partial charge in [-0.25, -0.2) is 0 Å². The van der Waals surface area contributed by atoms with E-state index in [4.69, 9.17) is 17.2 Å². The van der Waals surface area contributed by atoms with Gasteiger partial charge in [-0.15, -0.1) is 0 Å². The fourth-order valence-electron chi connectivity index (χ4n) is 9.70. The molecular formula is C59H105N13O18. The number of unbranched alkanes of at least 4 members (excludes halogenated alkanes) is 13. The van der Waals surface area contributed by atoms with Crippen molar-refractivity contribution >= 4 is 76.8 Å². The summed E-state index contributed by atoms with van der Waals surface area (Å²) in [7, 11) is 0. The SMILES string of the molecule is CCCCCCCCC[C@H](O)CC[C@@H]1NC(=O)[C@H]([C@@H](C)O)NC(=O)[C@@H]([C@@H](C)O)NC(=O)[C@@H](C[C@@H](O)C(N)=O)NC(=O)[C@@H](C)NC(=O)[C@H](CC(N)=O)NC(=O)[C@@H](CC(N)=O)NC(=O)[C@@H](CCCCCCC[C@@H](O)CCCCCC)NC(=O)CCNC(=O)CNC1=O. The van der Waals surface area contributed by atoms with Gasteiger partial charge in [0.15, 0.2) is 0 Å². The maximum atomic E-state index is 14.1. The average molecular weight is 1280 g/mol. The first kappa shape index (κ1) is 80.9. The van der Waals surface area contributed by atoms with Crippen LogP contribution in [0.15, 0.2) is 0 Å². The second-order valence-corrected chi connectivity index (χ2v) is 23.4. The summed E-state index contributed by atoms with van der Waals surface area (Å²) in [6.07, 6.45) is 5.08. The zero-order valence-electron chi connectivity index (χ0n) is 53.1. The van der Waals surface area contributed by atoms with E-state index in [1.165, 1.54) is 0 Å². The quantitative estimate of drug-likeness (QED) is 0.0285. The minimum absolute atomic E-state index is 0.0169. The highest BCUT2D eigenvalue weighted by Gasteiger charge is 2.38. The second-order valence-electron chi connectivity index (χ2n) is 23.4. The van der Waals surface area contributed by atoms with Crippen LogP contribution in [0.5, 0.6) is 0 Å². The van der Waals surface area contributed by atoms with Gasteiger partial charge in [-0.3, -0.25) is 62.3 Å². The molecule has 0 aromatic heterocycles. The molecule has 0 aromatic rings. The van der Waals surface area contributed by atoms with Gasteiger partial charge in [0.05, 0.1) is 43.8 Å². The van der Waals surface area contributed by atoms with Crippen LogP contribution >= 0.6 is 0 Å². The Bertz CT molecular complexity index is 2310. The van der Waals surface area contributed by atoms with Crippen LogP contribution in [0.2, 0.25) is 0 Å². The molecule has 1 aliphatic rings. The molecule has 13 amide bonds. The van der Waals surface area contributed by atoms with Gasteiger partial charge in [-0.2, -0.15) is 0 Å². The van der Waals surface area contributed by atoms with E-state index < -0.39 is 188 Å². The molecule has 13 atom stereocenters. The van der Waals surface area contributed by atoms with Gasteiger partial charge >= 0.3 is 0 Å². The number of aliphatic hydroxyl groups excluding tert-OH is 5. The van der Waals surface area contributed by atoms with Crippen LogP contribution in [0.3, 0.4) is 0 Å². The lowest BCUT2D eigenvalue weighted by Gasteiger charge is -2.29. The normalized spacial score (nSPS) is 23.8. The lowest BCUT2D eigenvalue weighted by molar-refractivity contribution is -0.139. The van der Waals surface area contributed by atoms with Gasteiger partial charge < -0.3 is 95.9 Å². The fourth-order valence-corrected chi connectivity index (χ4v) is 9.70. The Hall–Kier alpha value is -7.09. The monoisotopic (exact) mass is 1280 g/mol. The first-order valence-corrected chi connectivity index (χ1v) is 31.7. The lowest BCUT2D eigenvalue weighted by atomic mass is 10.0. The average Bonchev–Trinajstić information content (AvgIpc) is 2.80. The number of aliphatic hydroxyl groups is 5. The Labute approximate surface area is 526 Å². The summed E-state index contributed by atoms with van der Waals surface area (Å²) in [6.45, 7) is 6.31. The molecule has 1 heterocycles. The van der Waals surface area contributed by atoms with Crippen LogP contribution in [-0.4, -0.2) is 194 Å². The van der Waals surface area contributed by atoms with Crippen molar-refractivity contribution in [3.63, 3.8) is 0 Å². The Kier molecular flexibility index (Phi) is 40.6. The molecule has 90 heavy (non-hydrogen) atoms. The van der Waals surface area contributed by atoms with Crippen LogP contribution in [0.25, 0.3) is 0 Å². The van der Waals surface area contributed by atoms with E-state index in [0.717, 1.165) is 97.8 Å². The number of primary amides is 3. The number of hydrogen-bond donors (Lipinski definition) is 18. The highest BCUT2D eigenvalue weighted by molar-refractivity contribution is 6.00. The van der Waals surface area contributed by atoms with Crippen molar-refractivity contribution in [3.8, 4) is 0 Å². The van der Waals surface area contributed by atoms with Crippen molar-refractivity contribution in [2.75, 3.05) is 13.1 Å². The number of hydrogen-bond acceptors (Lipinski definition) is 18. The van der Waals surface area contributed by atoms with Crippen molar-refractivity contribution in [3.05, 3.63) is 0 Å². The van der Waals surface area contributed by atoms with Gasteiger partial charge in [0, 0.05) is 19.4 Å². The number of rotatable bonds is 33. The molecule has 31 heteroatoms. The molecule has 1 fully saturated rings. The zero-order valence-corrected chi connectivity index (χ0v) is 53.1. The third-order valence-electron chi connectivity index (χ3n) is 15.1. The molecule has 1 aliphatic heterocycles. The third kappa shape index (κ3) is 34.8. The van der Waals surface area contributed by atoms with Crippen LogP contribution < -0.4 is 70.4 Å². The predicted octanol–water partition coefficient (Wildman–Crippen LogP) is -3.39. The smallest absolute Gasteiger partial charge is 0.246 e. The number of nitrogens with two attached hydrogens (primary N) is 3. The summed E-state index contributed by atoms with van der Waals surface area (Å²) in [6, 6.07) is -14.4. The topological polar surface area (TPSA) is 521 Å². The number of carbonyl (C=O) groups excluding carboxylic acids is 13. The van der Waals surface area contributed by atoms with Crippen LogP contribution in [0, 0.1) is 0 Å². The van der Waals surface area contributed by atoms with E-state index in [9.17, 15) is 87.9 Å². The van der Waals surface area contributed by atoms with E-state index >= 15 is 0 Å². The molecule has 0 unspecified atom stereocenters. The first-order chi connectivity index (χ1) is 42.5. The molecular weight excluding hydrogens is 1180 g/mol. The summed E-state index contributed by atoms with van der Waals surface area (Å²) in [4.78, 5) is 174. The van der Waals surface area contributed by atoms with Gasteiger partial charge in [0.2, 0.25) is 76.8 Å². The van der Waals surface area contributed by atoms with E-state index in [-0.39, 0.29) is 25.8 Å². The van der Waals surface area contributed by atoms with E-state index in [1.54, 1.807) is 0 Å². The van der Waals surface area contributed by atoms with Crippen LogP contribution in [0.4, 0.5) is 0 Å². The summed E-state index contributed by atoms with van der Waals surface area (Å²) in [5, 5.41) is 76.5. The Morgan fingerprint density at radius 1 is 0.433 bits per heavy atom. The number of nitrogens with one attached hydrogen (secondary N) is 10. The van der Waals surface area contributed by atoms with Crippen molar-refractivity contribution in [2.45, 2.75) is 280 Å². The van der Waals surface area contributed by atoms with Crippen LogP contribution in [-0.2, 0) is 62.3 Å². The van der Waals surface area contributed by atoms with E-state index in [2.05, 4.69) is 67.0 Å². The molecule has 1 rings (SSSR count). The van der Waals surface area contributed by atoms with E-state index in [1.807, 2.05) is 0 Å². The van der Waals surface area contributed by atoms with Crippen LogP contribution in [0.1, 0.15) is 202 Å². The Morgan fingerprint density at radius 3 is 1.33 bits per heavy atom. The Morgan fingerprint density at radius 2 is 0.833 bits per heavy atom. The highest BCUT2D eigenvalue weighted by Crippen LogP contribution is 2.17. The number of amides is 13. The van der Waals surface area contributed by atoms with Crippen molar-refractivity contribution in [2.24, 2.45) is 17.2 Å². The third-order valence-corrected chi connectivity index (χ3v) is 15.1. The maximum Gasteiger partial charge on any atom is 0.246 e. The maximum absolute atomic E-state index is 14.1. The first-order valence-electron chi connectivity index (χ1n) is 31.7. The molecule has 514 valence electrons. The predicted molar refractivity (Wildman–Crippen MR) is 327 cm³/mol. The lowest BCUT2D eigenvalue weighted by Crippen LogP contribution is -2.63. The molecule has 31 nitrogen and oxygen atoms in total. The highest BCUT2D eigenvalue weighted by atomic mass is 16.3. The summed E-state index contributed by atoms with van der Waals surface area (Å²) < 4.78 is 0. The standard InChI is InChI=1S/C59H105N13O18/c1-6-8-10-12-13-15-20-24-38(76)26-27-40-53(84)64-33-48(81)63-29-28-47(80)66-39(25-21-17-14-16-19-23-37(75)22-18-11-9-7-2)54(85)69-43(32-46(61)79)56(87)70-42(31-45(60)78)55(86)65-34(3)52(83)68-41(30-44(77)51(62)82)57(88)71-50(36(5)74)59(90)72-49(35(4)73)58(89)67-40/h34-44,49-50,73-77H,6-33H2,1-5H3,(H2,60,78)(H2,61,79)(H2,62,82)(H,63,81)(H,64,84)(H,65,86)(H,66,80)(H,67,89)(H,68,83)(H,69,85)(H,70,87)(H,71,88)(H,72,90)/t34-,35-,36-,37+,38+,39-,40+,41-,42+,43-,44-,49+,50-/m1/s1. The molecule has 0 spiro atoms. The fraction of sp³-hybridized carbons (Fsp3) is 0.780. The Balaban J connectivity index is 3.78.